The fourth-order valence-corrected chi connectivity index (χ4v) is 3.33. The van der Waals surface area contributed by atoms with E-state index in [9.17, 15) is 0 Å². The Hall–Kier alpha value is -0.0800. The van der Waals surface area contributed by atoms with Gasteiger partial charge in [0.2, 0.25) is 0 Å². The maximum atomic E-state index is 3.77. The number of likely N-dealkylation sites (N-methyl/N-ethyl adjacent to an activating group) is 1. The maximum absolute atomic E-state index is 3.77. The molecule has 2 aliphatic rings. The zero-order chi connectivity index (χ0) is 10.7. The molecule has 0 amide bonds. The van der Waals surface area contributed by atoms with Gasteiger partial charge in [0, 0.05) is 19.1 Å². The van der Waals surface area contributed by atoms with E-state index in [2.05, 4.69) is 24.3 Å². The van der Waals surface area contributed by atoms with Crippen LogP contribution in [0.15, 0.2) is 0 Å². The molecule has 2 nitrogen and oxygen atoms in total. The molecule has 1 spiro atoms. The van der Waals surface area contributed by atoms with Crippen LogP contribution >= 0.6 is 0 Å². The largest absolute Gasteiger partial charge is 0.312 e. The van der Waals surface area contributed by atoms with Crippen LogP contribution in [0.5, 0.6) is 0 Å². The molecule has 2 saturated carbocycles. The summed E-state index contributed by atoms with van der Waals surface area (Å²) in [5, 5.41) is 3.77. The third-order valence-electron chi connectivity index (χ3n) is 4.47. The Balaban J connectivity index is 1.73. The van der Waals surface area contributed by atoms with Crippen LogP contribution in [0, 0.1) is 5.41 Å². The Morgan fingerprint density at radius 2 is 1.87 bits per heavy atom. The highest BCUT2D eigenvalue weighted by atomic mass is 15.1. The van der Waals surface area contributed by atoms with Crippen LogP contribution in [0.2, 0.25) is 0 Å². The van der Waals surface area contributed by atoms with Gasteiger partial charge in [0.1, 0.15) is 0 Å². The first-order valence-corrected chi connectivity index (χ1v) is 6.61. The quantitative estimate of drug-likeness (QED) is 0.765. The second-order valence-electron chi connectivity index (χ2n) is 5.77. The first-order chi connectivity index (χ1) is 7.23. The number of nitrogens with zero attached hydrogens (tertiary/aromatic N) is 1. The zero-order valence-corrected chi connectivity index (χ0v) is 10.4. The molecular weight excluding hydrogens is 184 g/mol. The van der Waals surface area contributed by atoms with Gasteiger partial charge in [-0.2, -0.15) is 0 Å². The molecule has 0 radical (unpaired) electrons. The fraction of sp³-hybridized carbons (Fsp3) is 1.00. The van der Waals surface area contributed by atoms with Gasteiger partial charge < -0.3 is 10.2 Å². The summed E-state index contributed by atoms with van der Waals surface area (Å²) >= 11 is 0. The molecule has 0 bridgehead atoms. The highest BCUT2D eigenvalue weighted by Crippen LogP contribution is 2.51. The summed E-state index contributed by atoms with van der Waals surface area (Å²) in [6, 6.07) is 0.845. The van der Waals surface area contributed by atoms with E-state index in [1.165, 1.54) is 58.0 Å². The molecule has 88 valence electrons. The minimum atomic E-state index is 0.727. The Morgan fingerprint density at radius 3 is 2.40 bits per heavy atom. The number of nitrogens with one attached hydrogen (secondary N) is 1. The molecule has 0 aromatic rings. The molecule has 1 atom stereocenters. The van der Waals surface area contributed by atoms with E-state index in [0.717, 1.165) is 11.5 Å². The van der Waals surface area contributed by atoms with E-state index >= 15 is 0 Å². The van der Waals surface area contributed by atoms with Crippen molar-refractivity contribution in [2.24, 2.45) is 5.41 Å². The minimum Gasteiger partial charge on any atom is -0.312 e. The summed E-state index contributed by atoms with van der Waals surface area (Å²) in [5.41, 5.74) is 0.727. The average Bonchev–Trinajstić information content (AvgIpc) is 2.24. The zero-order valence-electron chi connectivity index (χ0n) is 10.4. The number of hydrogen-bond acceptors (Lipinski definition) is 2. The molecule has 15 heavy (non-hydrogen) atoms. The molecule has 0 aliphatic heterocycles. The van der Waals surface area contributed by atoms with E-state index in [1.54, 1.807) is 0 Å². The van der Waals surface area contributed by atoms with Crippen molar-refractivity contribution < 1.29 is 0 Å². The Kier molecular flexibility index (Phi) is 3.68. The Bertz CT molecular complexity index is 195. The van der Waals surface area contributed by atoms with Crippen molar-refractivity contribution in [2.45, 2.75) is 51.0 Å². The van der Waals surface area contributed by atoms with Crippen molar-refractivity contribution >= 4 is 0 Å². The van der Waals surface area contributed by atoms with E-state index in [0.29, 0.717) is 0 Å². The summed E-state index contributed by atoms with van der Waals surface area (Å²) in [6.07, 6.45) is 10.3. The van der Waals surface area contributed by atoms with Gasteiger partial charge >= 0.3 is 0 Å². The first-order valence-electron chi connectivity index (χ1n) is 6.61. The summed E-state index contributed by atoms with van der Waals surface area (Å²) in [4.78, 5) is 2.26. The van der Waals surface area contributed by atoms with Gasteiger partial charge in [0.15, 0.2) is 0 Å². The molecule has 0 heterocycles. The highest BCUT2D eigenvalue weighted by Gasteiger charge is 2.46. The van der Waals surface area contributed by atoms with E-state index < -0.39 is 0 Å². The topological polar surface area (TPSA) is 15.3 Å². The van der Waals surface area contributed by atoms with Gasteiger partial charge in [0.05, 0.1) is 0 Å². The molecule has 2 rings (SSSR count). The van der Waals surface area contributed by atoms with Gasteiger partial charge in [-0.1, -0.05) is 19.3 Å². The van der Waals surface area contributed by atoms with Crippen LogP contribution < -0.4 is 5.32 Å². The average molecular weight is 210 g/mol. The lowest BCUT2D eigenvalue weighted by Crippen LogP contribution is -2.55. The molecule has 1 unspecified atom stereocenters. The SMILES string of the molecule is CN(C)CCNC1CCC12CCCCC2. The van der Waals surface area contributed by atoms with Crippen LogP contribution in [-0.4, -0.2) is 38.1 Å². The van der Waals surface area contributed by atoms with Crippen molar-refractivity contribution in [3.63, 3.8) is 0 Å². The lowest BCUT2D eigenvalue weighted by Gasteiger charge is -2.52. The molecule has 0 aromatic heterocycles. The normalized spacial score (nSPS) is 29.4. The standard InChI is InChI=1S/C13H26N2/c1-15(2)11-10-14-12-6-9-13(12)7-4-3-5-8-13/h12,14H,3-11H2,1-2H3. The third-order valence-corrected chi connectivity index (χ3v) is 4.47. The lowest BCUT2D eigenvalue weighted by atomic mass is 9.57. The molecule has 1 N–H and O–H groups in total. The molecule has 2 fully saturated rings. The Labute approximate surface area is 94.4 Å². The van der Waals surface area contributed by atoms with Crippen LogP contribution in [0.3, 0.4) is 0 Å². The summed E-state index contributed by atoms with van der Waals surface area (Å²) in [7, 11) is 4.30. The van der Waals surface area contributed by atoms with Crippen LogP contribution in [0.4, 0.5) is 0 Å². The summed E-state index contributed by atoms with van der Waals surface area (Å²) in [6.45, 7) is 2.34. The van der Waals surface area contributed by atoms with Gasteiger partial charge in [-0.3, -0.25) is 0 Å². The number of rotatable bonds is 4. The highest BCUT2D eigenvalue weighted by molar-refractivity contribution is 5.01. The van der Waals surface area contributed by atoms with E-state index in [1.807, 2.05) is 0 Å². The molecule has 2 heteroatoms. The van der Waals surface area contributed by atoms with Crippen LogP contribution in [0.1, 0.15) is 44.9 Å². The summed E-state index contributed by atoms with van der Waals surface area (Å²) in [5.74, 6) is 0. The lowest BCUT2D eigenvalue weighted by molar-refractivity contribution is 0.0226. The molecular formula is C13H26N2. The van der Waals surface area contributed by atoms with Gasteiger partial charge in [-0.25, -0.2) is 0 Å². The monoisotopic (exact) mass is 210 g/mol. The van der Waals surface area contributed by atoms with Crippen molar-refractivity contribution in [2.75, 3.05) is 27.2 Å². The first kappa shape index (κ1) is 11.4. The number of hydrogen-bond donors (Lipinski definition) is 1. The van der Waals surface area contributed by atoms with Crippen molar-refractivity contribution in [3.8, 4) is 0 Å². The van der Waals surface area contributed by atoms with Crippen molar-refractivity contribution in [1.82, 2.24) is 10.2 Å². The van der Waals surface area contributed by atoms with Crippen molar-refractivity contribution in [1.29, 1.82) is 0 Å². The second-order valence-corrected chi connectivity index (χ2v) is 5.77. The molecule has 0 saturated heterocycles. The Morgan fingerprint density at radius 1 is 1.13 bits per heavy atom. The molecule has 0 aromatic carbocycles. The van der Waals surface area contributed by atoms with Gasteiger partial charge in [-0.15, -0.1) is 0 Å². The smallest absolute Gasteiger partial charge is 0.0124 e. The van der Waals surface area contributed by atoms with E-state index in [-0.39, 0.29) is 0 Å². The molecule has 2 aliphatic carbocycles. The van der Waals surface area contributed by atoms with Gasteiger partial charge in [0.25, 0.3) is 0 Å². The predicted octanol–water partition coefficient (Wildman–Crippen LogP) is 2.25. The maximum Gasteiger partial charge on any atom is 0.0124 e. The predicted molar refractivity (Wildman–Crippen MR) is 65.1 cm³/mol. The van der Waals surface area contributed by atoms with Gasteiger partial charge in [-0.05, 0) is 45.2 Å². The minimum absolute atomic E-state index is 0.727. The second kappa shape index (κ2) is 4.84. The third kappa shape index (κ3) is 2.54. The van der Waals surface area contributed by atoms with Crippen molar-refractivity contribution in [3.05, 3.63) is 0 Å². The fourth-order valence-electron chi connectivity index (χ4n) is 3.33. The van der Waals surface area contributed by atoms with E-state index in [4.69, 9.17) is 0 Å². The van der Waals surface area contributed by atoms with Crippen LogP contribution in [-0.2, 0) is 0 Å². The summed E-state index contributed by atoms with van der Waals surface area (Å²) < 4.78 is 0. The van der Waals surface area contributed by atoms with Crippen LogP contribution in [0.25, 0.3) is 0 Å².